The van der Waals surface area contributed by atoms with E-state index in [0.717, 1.165) is 34.7 Å². The minimum atomic E-state index is -0.225. The van der Waals surface area contributed by atoms with Gasteiger partial charge in [0.25, 0.3) is 0 Å². The lowest BCUT2D eigenvalue weighted by Crippen LogP contribution is -2.07. The van der Waals surface area contributed by atoms with E-state index in [2.05, 4.69) is 24.1 Å². The predicted molar refractivity (Wildman–Crippen MR) is 123 cm³/mol. The second kappa shape index (κ2) is 10.6. The number of aromatic nitrogens is 1. The van der Waals surface area contributed by atoms with E-state index in [4.69, 9.17) is 9.47 Å². The van der Waals surface area contributed by atoms with Gasteiger partial charge in [0, 0.05) is 17.0 Å². The molecule has 0 bridgehead atoms. The molecule has 0 fully saturated rings. The molecule has 0 aliphatic carbocycles. The summed E-state index contributed by atoms with van der Waals surface area (Å²) in [4.78, 5) is 16.8. The summed E-state index contributed by atoms with van der Waals surface area (Å²) in [5.74, 6) is 1.98. The molecule has 5 nitrogen and oxygen atoms in total. The predicted octanol–water partition coefficient (Wildman–Crippen LogP) is 5.90. The average molecular weight is 423 g/mol. The lowest BCUT2D eigenvalue weighted by Gasteiger charge is -2.08. The third-order valence-electron chi connectivity index (χ3n) is 4.37. The maximum atomic E-state index is 12.3. The minimum absolute atomic E-state index is 0.225. The molecule has 1 amide bonds. The number of rotatable bonds is 9. The number of ether oxygens (including phenoxy) is 2. The summed E-state index contributed by atoms with van der Waals surface area (Å²) in [5, 5.41) is 5.28. The van der Waals surface area contributed by atoms with Gasteiger partial charge in [-0.3, -0.25) is 10.1 Å². The first-order valence-corrected chi connectivity index (χ1v) is 10.7. The van der Waals surface area contributed by atoms with Crippen LogP contribution in [0, 0.1) is 5.92 Å². The van der Waals surface area contributed by atoms with Crippen LogP contribution in [0.25, 0.3) is 17.3 Å². The summed E-state index contributed by atoms with van der Waals surface area (Å²) in [5.41, 5.74) is 2.69. The lowest BCUT2D eigenvalue weighted by atomic mass is 10.1. The molecular formula is C24H26N2O3S. The summed E-state index contributed by atoms with van der Waals surface area (Å²) < 4.78 is 10.9. The van der Waals surface area contributed by atoms with Crippen molar-refractivity contribution in [3.05, 3.63) is 65.6 Å². The summed E-state index contributed by atoms with van der Waals surface area (Å²) in [6.07, 6.45) is 4.28. The Hall–Kier alpha value is -3.12. The molecule has 1 aromatic heterocycles. The molecule has 0 unspecified atom stereocenters. The van der Waals surface area contributed by atoms with Crippen molar-refractivity contribution < 1.29 is 14.3 Å². The first-order chi connectivity index (χ1) is 14.5. The average Bonchev–Trinajstić information content (AvgIpc) is 3.21. The quantitative estimate of drug-likeness (QED) is 0.437. The highest BCUT2D eigenvalue weighted by atomic mass is 32.1. The maximum absolute atomic E-state index is 12.3. The van der Waals surface area contributed by atoms with Gasteiger partial charge in [-0.25, -0.2) is 4.98 Å². The highest BCUT2D eigenvalue weighted by molar-refractivity contribution is 7.14. The van der Waals surface area contributed by atoms with Crippen molar-refractivity contribution in [1.29, 1.82) is 0 Å². The van der Waals surface area contributed by atoms with Gasteiger partial charge in [0.15, 0.2) is 5.13 Å². The summed E-state index contributed by atoms with van der Waals surface area (Å²) in [7, 11) is 1.63. The first kappa shape index (κ1) is 21.6. The molecule has 1 N–H and O–H groups in total. The third kappa shape index (κ3) is 6.46. The zero-order chi connectivity index (χ0) is 21.3. The molecule has 0 spiro atoms. The molecule has 0 aliphatic rings. The van der Waals surface area contributed by atoms with Crippen LogP contribution in [0.3, 0.4) is 0 Å². The number of nitrogens with zero attached hydrogens (tertiary/aromatic N) is 1. The summed E-state index contributed by atoms with van der Waals surface area (Å²) in [6, 6.07) is 15.4. The van der Waals surface area contributed by atoms with Crippen LogP contribution in [0.5, 0.6) is 11.5 Å². The number of hydrogen-bond acceptors (Lipinski definition) is 5. The fraction of sp³-hybridized carbons (Fsp3) is 0.250. The molecule has 0 radical (unpaired) electrons. The Balaban J connectivity index is 1.56. The lowest BCUT2D eigenvalue weighted by molar-refractivity contribution is -0.111. The van der Waals surface area contributed by atoms with E-state index in [9.17, 15) is 4.79 Å². The topological polar surface area (TPSA) is 60.5 Å². The van der Waals surface area contributed by atoms with Crippen LogP contribution < -0.4 is 14.8 Å². The van der Waals surface area contributed by atoms with Crippen molar-refractivity contribution in [2.75, 3.05) is 19.0 Å². The number of carbonyl (C=O) groups excluding carboxylic acids is 1. The van der Waals surface area contributed by atoms with Gasteiger partial charge in [-0.05, 0) is 60.4 Å². The van der Waals surface area contributed by atoms with Gasteiger partial charge >= 0.3 is 0 Å². The molecular weight excluding hydrogens is 396 g/mol. The Morgan fingerprint density at radius 2 is 1.97 bits per heavy atom. The molecule has 0 atom stereocenters. The molecule has 0 saturated carbocycles. The van der Waals surface area contributed by atoms with Crippen molar-refractivity contribution >= 4 is 28.5 Å². The van der Waals surface area contributed by atoms with Gasteiger partial charge < -0.3 is 9.47 Å². The normalized spacial score (nSPS) is 11.1. The number of thiazole rings is 1. The van der Waals surface area contributed by atoms with Crippen molar-refractivity contribution in [2.45, 2.75) is 20.3 Å². The number of anilines is 1. The third-order valence-corrected chi connectivity index (χ3v) is 5.13. The number of nitrogens with one attached hydrogen (secondary N) is 1. The Bertz CT molecular complexity index is 994. The Morgan fingerprint density at radius 1 is 1.17 bits per heavy atom. The molecule has 6 heteroatoms. The number of hydrogen-bond donors (Lipinski definition) is 1. The Kier molecular flexibility index (Phi) is 7.63. The number of benzene rings is 2. The smallest absolute Gasteiger partial charge is 0.250 e. The highest BCUT2D eigenvalue weighted by Gasteiger charge is 2.07. The van der Waals surface area contributed by atoms with Gasteiger partial charge in [0.2, 0.25) is 5.91 Å². The van der Waals surface area contributed by atoms with Crippen LogP contribution in [-0.4, -0.2) is 24.6 Å². The molecule has 156 valence electrons. The number of carbonyl (C=O) groups is 1. The Morgan fingerprint density at radius 3 is 2.70 bits per heavy atom. The van der Waals surface area contributed by atoms with Gasteiger partial charge in [0.1, 0.15) is 11.5 Å². The van der Waals surface area contributed by atoms with Crippen LogP contribution >= 0.6 is 11.3 Å². The zero-order valence-corrected chi connectivity index (χ0v) is 18.2. The molecule has 0 aliphatic heterocycles. The molecule has 2 aromatic carbocycles. The van der Waals surface area contributed by atoms with Crippen LogP contribution in [0.2, 0.25) is 0 Å². The van der Waals surface area contributed by atoms with Crippen LogP contribution in [0.15, 0.2) is 60.0 Å². The van der Waals surface area contributed by atoms with E-state index in [1.165, 1.54) is 17.4 Å². The van der Waals surface area contributed by atoms with Crippen molar-refractivity contribution in [3.8, 4) is 22.8 Å². The van der Waals surface area contributed by atoms with Gasteiger partial charge in [-0.2, -0.15) is 0 Å². The van der Waals surface area contributed by atoms with Crippen LogP contribution in [0.1, 0.15) is 25.8 Å². The molecule has 30 heavy (non-hydrogen) atoms. The van der Waals surface area contributed by atoms with E-state index in [1.807, 2.05) is 53.9 Å². The highest BCUT2D eigenvalue weighted by Crippen LogP contribution is 2.26. The standard InChI is InChI=1S/C24H26N2O3S/c1-17(2)13-14-29-21-6-4-5-18(15-21)7-12-23(27)26-24-25-22(16-30-24)19-8-10-20(28-3)11-9-19/h4-12,15-17H,13-14H2,1-3H3,(H,25,26,27). The number of methoxy groups -OCH3 is 1. The largest absolute Gasteiger partial charge is 0.497 e. The molecule has 3 aromatic rings. The maximum Gasteiger partial charge on any atom is 0.250 e. The number of amides is 1. The summed E-state index contributed by atoms with van der Waals surface area (Å²) >= 11 is 1.39. The zero-order valence-electron chi connectivity index (χ0n) is 17.4. The monoisotopic (exact) mass is 422 g/mol. The van der Waals surface area contributed by atoms with Crippen molar-refractivity contribution in [2.24, 2.45) is 5.92 Å². The van der Waals surface area contributed by atoms with E-state index >= 15 is 0 Å². The fourth-order valence-electron chi connectivity index (χ4n) is 2.66. The minimum Gasteiger partial charge on any atom is -0.497 e. The second-order valence-corrected chi connectivity index (χ2v) is 8.05. The molecule has 1 heterocycles. The summed E-state index contributed by atoms with van der Waals surface area (Å²) in [6.45, 7) is 5.03. The van der Waals surface area contributed by atoms with Crippen molar-refractivity contribution in [3.63, 3.8) is 0 Å². The second-order valence-electron chi connectivity index (χ2n) is 7.19. The van der Waals surface area contributed by atoms with Crippen LogP contribution in [0.4, 0.5) is 5.13 Å². The SMILES string of the molecule is COc1ccc(-c2csc(NC(=O)C=Cc3cccc(OCCC(C)C)c3)n2)cc1. The van der Waals surface area contributed by atoms with Crippen LogP contribution in [-0.2, 0) is 4.79 Å². The van der Waals surface area contributed by atoms with Crippen molar-refractivity contribution in [1.82, 2.24) is 4.98 Å². The van der Waals surface area contributed by atoms with Gasteiger partial charge in [-0.15, -0.1) is 11.3 Å². The van der Waals surface area contributed by atoms with Gasteiger partial charge in [0.05, 0.1) is 19.4 Å². The Labute approximate surface area is 181 Å². The van der Waals surface area contributed by atoms with E-state index in [0.29, 0.717) is 17.7 Å². The first-order valence-electron chi connectivity index (χ1n) is 9.85. The molecule has 0 saturated heterocycles. The van der Waals surface area contributed by atoms with E-state index in [1.54, 1.807) is 13.2 Å². The van der Waals surface area contributed by atoms with E-state index in [-0.39, 0.29) is 5.91 Å². The van der Waals surface area contributed by atoms with Gasteiger partial charge in [-0.1, -0.05) is 26.0 Å². The molecule has 3 rings (SSSR count). The van der Waals surface area contributed by atoms with E-state index < -0.39 is 0 Å². The fourth-order valence-corrected chi connectivity index (χ4v) is 3.39.